The van der Waals surface area contributed by atoms with Crippen molar-refractivity contribution in [2.75, 3.05) is 18.4 Å². The quantitative estimate of drug-likeness (QED) is 0.671. The van der Waals surface area contributed by atoms with Gasteiger partial charge in [0.25, 0.3) is 5.91 Å². The summed E-state index contributed by atoms with van der Waals surface area (Å²) in [6.45, 7) is 5.20. The molecule has 2 N–H and O–H groups in total. The van der Waals surface area contributed by atoms with Crippen molar-refractivity contribution in [3.8, 4) is 0 Å². The van der Waals surface area contributed by atoms with Gasteiger partial charge in [-0.3, -0.25) is 9.89 Å². The van der Waals surface area contributed by atoms with E-state index in [0.717, 1.165) is 37.2 Å². The molecule has 8 heteroatoms. The number of aryl methyl sites for hydroxylation is 2. The molecule has 0 unspecified atom stereocenters. The number of amides is 1. The molecule has 1 fully saturated rings. The fourth-order valence-electron chi connectivity index (χ4n) is 3.90. The number of hydrogen-bond donors (Lipinski definition) is 2. The Hall–Kier alpha value is -3.29. The van der Waals surface area contributed by atoms with E-state index in [-0.39, 0.29) is 11.7 Å². The van der Waals surface area contributed by atoms with Gasteiger partial charge in [0.15, 0.2) is 5.82 Å². The van der Waals surface area contributed by atoms with Crippen molar-refractivity contribution >= 4 is 17.5 Å². The zero-order chi connectivity index (χ0) is 21.1. The molecule has 1 aromatic carbocycles. The van der Waals surface area contributed by atoms with Crippen LogP contribution in [0.5, 0.6) is 0 Å². The lowest BCUT2D eigenvalue weighted by Crippen LogP contribution is -2.40. The van der Waals surface area contributed by atoms with Crippen LogP contribution in [0.15, 0.2) is 36.4 Å². The minimum Gasteiger partial charge on any atom is -0.338 e. The average Bonchev–Trinajstić information content (AvgIpc) is 3.12. The largest absolute Gasteiger partial charge is 0.338 e. The number of carbonyl (C=O) groups is 1. The van der Waals surface area contributed by atoms with Crippen molar-refractivity contribution in [3.05, 3.63) is 65.0 Å². The van der Waals surface area contributed by atoms with Crippen LogP contribution in [0.25, 0.3) is 0 Å². The van der Waals surface area contributed by atoms with E-state index in [1.54, 1.807) is 12.1 Å². The number of halogens is 1. The predicted molar refractivity (Wildman–Crippen MR) is 112 cm³/mol. The first-order chi connectivity index (χ1) is 14.5. The smallest absolute Gasteiger partial charge is 0.253 e. The summed E-state index contributed by atoms with van der Waals surface area (Å²) in [6, 6.07) is 9.60. The number of anilines is 2. The molecule has 7 nitrogen and oxygen atoms in total. The highest BCUT2D eigenvalue weighted by molar-refractivity contribution is 5.94. The Morgan fingerprint density at radius 3 is 2.73 bits per heavy atom. The van der Waals surface area contributed by atoms with E-state index in [0.29, 0.717) is 35.5 Å². The Morgan fingerprint density at radius 2 is 2.00 bits per heavy atom. The van der Waals surface area contributed by atoms with E-state index in [9.17, 15) is 9.18 Å². The van der Waals surface area contributed by atoms with Gasteiger partial charge in [-0.1, -0.05) is 0 Å². The molecule has 0 spiro atoms. The molecule has 30 heavy (non-hydrogen) atoms. The third kappa shape index (κ3) is 4.82. The fraction of sp³-hybridized carbons (Fsp3) is 0.364. The standard InChI is InChI=1S/C22H25FN6O/c1-14-10-21(28-27-14)26-20-12-19(24-15(2)25-20)11-16-4-3-9-29(13-16)22(30)17-5-7-18(23)8-6-17/h5-8,10,12,16H,3-4,9,11,13H2,1-2H3,(H2,24,25,26,27,28)/t16-/m0/s1. The monoisotopic (exact) mass is 408 g/mol. The van der Waals surface area contributed by atoms with Crippen LogP contribution in [-0.2, 0) is 6.42 Å². The summed E-state index contributed by atoms with van der Waals surface area (Å²) in [5, 5.41) is 10.3. The van der Waals surface area contributed by atoms with Crippen molar-refractivity contribution in [1.29, 1.82) is 0 Å². The summed E-state index contributed by atoms with van der Waals surface area (Å²) in [5.74, 6) is 2.05. The number of carbonyl (C=O) groups excluding carboxylic acids is 1. The Bertz CT molecular complexity index is 1030. The van der Waals surface area contributed by atoms with Gasteiger partial charge in [-0.2, -0.15) is 5.10 Å². The number of aromatic amines is 1. The van der Waals surface area contributed by atoms with Crippen molar-refractivity contribution in [2.24, 2.45) is 5.92 Å². The number of nitrogens with zero attached hydrogens (tertiary/aromatic N) is 4. The third-order valence-corrected chi connectivity index (χ3v) is 5.25. The number of piperidine rings is 1. The number of nitrogens with one attached hydrogen (secondary N) is 2. The summed E-state index contributed by atoms with van der Waals surface area (Å²) in [4.78, 5) is 23.7. The third-order valence-electron chi connectivity index (χ3n) is 5.25. The molecule has 3 aromatic rings. The van der Waals surface area contributed by atoms with Crippen LogP contribution in [0.2, 0.25) is 0 Å². The van der Waals surface area contributed by atoms with Crippen LogP contribution in [0.4, 0.5) is 16.0 Å². The zero-order valence-electron chi connectivity index (χ0n) is 17.2. The first kappa shape index (κ1) is 20.0. The lowest BCUT2D eigenvalue weighted by Gasteiger charge is -2.33. The van der Waals surface area contributed by atoms with Crippen molar-refractivity contribution in [3.63, 3.8) is 0 Å². The second-order valence-corrected chi connectivity index (χ2v) is 7.82. The van der Waals surface area contributed by atoms with Crippen LogP contribution >= 0.6 is 0 Å². The van der Waals surface area contributed by atoms with Gasteiger partial charge in [0.05, 0.1) is 0 Å². The summed E-state index contributed by atoms with van der Waals surface area (Å²) in [5.41, 5.74) is 2.44. The maximum absolute atomic E-state index is 13.2. The number of aromatic nitrogens is 4. The molecular formula is C22H25FN6O. The second-order valence-electron chi connectivity index (χ2n) is 7.82. The average molecular weight is 408 g/mol. The minimum absolute atomic E-state index is 0.0465. The van der Waals surface area contributed by atoms with E-state index in [2.05, 4.69) is 25.5 Å². The molecular weight excluding hydrogens is 383 g/mol. The Balaban J connectivity index is 1.43. The maximum atomic E-state index is 13.2. The molecule has 0 radical (unpaired) electrons. The molecule has 1 atom stereocenters. The van der Waals surface area contributed by atoms with E-state index in [4.69, 9.17) is 0 Å². The van der Waals surface area contributed by atoms with Crippen LogP contribution < -0.4 is 5.32 Å². The highest BCUT2D eigenvalue weighted by atomic mass is 19.1. The van der Waals surface area contributed by atoms with Crippen LogP contribution in [-0.4, -0.2) is 44.1 Å². The van der Waals surface area contributed by atoms with Crippen molar-refractivity contribution in [1.82, 2.24) is 25.1 Å². The van der Waals surface area contributed by atoms with Crippen LogP contribution in [0, 0.1) is 25.6 Å². The SMILES string of the molecule is Cc1nc(C[C@@H]2CCCN(C(=O)c3ccc(F)cc3)C2)cc(Nc2cc(C)[nH]n2)n1. The highest BCUT2D eigenvalue weighted by Gasteiger charge is 2.25. The second kappa shape index (κ2) is 8.61. The number of benzene rings is 1. The predicted octanol–water partition coefficient (Wildman–Crippen LogP) is 3.79. The number of H-pyrrole nitrogens is 1. The molecule has 0 saturated carbocycles. The van der Waals surface area contributed by atoms with E-state index < -0.39 is 0 Å². The lowest BCUT2D eigenvalue weighted by molar-refractivity contribution is 0.0672. The normalized spacial score (nSPS) is 16.5. The molecule has 156 valence electrons. The van der Waals surface area contributed by atoms with E-state index in [1.165, 1.54) is 12.1 Å². The first-order valence-corrected chi connectivity index (χ1v) is 10.1. The Kier molecular flexibility index (Phi) is 5.74. The maximum Gasteiger partial charge on any atom is 0.253 e. The Labute approximate surface area is 174 Å². The first-order valence-electron chi connectivity index (χ1n) is 10.1. The van der Waals surface area contributed by atoms with Gasteiger partial charge in [-0.05, 0) is 63.3 Å². The van der Waals surface area contributed by atoms with Crippen LogP contribution in [0.1, 0.15) is 40.4 Å². The molecule has 4 rings (SSSR count). The molecule has 2 aromatic heterocycles. The van der Waals surface area contributed by atoms with Gasteiger partial charge < -0.3 is 10.2 Å². The van der Waals surface area contributed by atoms with Gasteiger partial charge in [0.1, 0.15) is 17.5 Å². The molecule has 1 aliphatic rings. The summed E-state index contributed by atoms with van der Waals surface area (Å²) in [6.07, 6.45) is 2.75. The molecule has 0 aliphatic carbocycles. The molecule has 1 aliphatic heterocycles. The van der Waals surface area contributed by atoms with Gasteiger partial charge in [-0.15, -0.1) is 0 Å². The number of rotatable bonds is 5. The molecule has 1 saturated heterocycles. The summed E-state index contributed by atoms with van der Waals surface area (Å²) in [7, 11) is 0. The van der Waals surface area contributed by atoms with Crippen molar-refractivity contribution in [2.45, 2.75) is 33.1 Å². The van der Waals surface area contributed by atoms with E-state index >= 15 is 0 Å². The summed E-state index contributed by atoms with van der Waals surface area (Å²) < 4.78 is 13.2. The van der Waals surface area contributed by atoms with Gasteiger partial charge in [0, 0.05) is 42.2 Å². The topological polar surface area (TPSA) is 86.8 Å². The number of likely N-dealkylation sites (tertiary alicyclic amines) is 1. The van der Waals surface area contributed by atoms with Gasteiger partial charge >= 0.3 is 0 Å². The van der Waals surface area contributed by atoms with Crippen LogP contribution in [0.3, 0.4) is 0 Å². The van der Waals surface area contributed by atoms with Gasteiger partial charge in [-0.25, -0.2) is 14.4 Å². The lowest BCUT2D eigenvalue weighted by atomic mass is 9.92. The highest BCUT2D eigenvalue weighted by Crippen LogP contribution is 2.23. The van der Waals surface area contributed by atoms with Crippen molar-refractivity contribution < 1.29 is 9.18 Å². The minimum atomic E-state index is -0.336. The molecule has 3 heterocycles. The fourth-order valence-corrected chi connectivity index (χ4v) is 3.90. The Morgan fingerprint density at radius 1 is 1.20 bits per heavy atom. The number of hydrogen-bond acceptors (Lipinski definition) is 5. The van der Waals surface area contributed by atoms with Gasteiger partial charge in [0.2, 0.25) is 0 Å². The zero-order valence-corrected chi connectivity index (χ0v) is 17.2. The summed E-state index contributed by atoms with van der Waals surface area (Å²) >= 11 is 0. The molecule has 0 bridgehead atoms. The van der Waals surface area contributed by atoms with E-state index in [1.807, 2.05) is 30.9 Å². The molecule has 1 amide bonds.